The number of carbonyl (C=O) groups is 1. The van der Waals surface area contributed by atoms with Crippen LogP contribution in [0.25, 0.3) is 0 Å². The molecule has 1 aromatic carbocycles. The van der Waals surface area contributed by atoms with Gasteiger partial charge in [0.25, 0.3) is 5.69 Å². The lowest BCUT2D eigenvalue weighted by Crippen LogP contribution is -2.39. The molecule has 7 heteroatoms. The monoisotopic (exact) mass is 308 g/mol. The molecule has 5 nitrogen and oxygen atoms in total. The Morgan fingerprint density at radius 3 is 2.73 bits per heavy atom. The molecule has 0 aliphatic heterocycles. The lowest BCUT2D eigenvalue weighted by molar-refractivity contribution is -0.607. The fraction of sp³-hybridized carbons (Fsp3) is 0.200. The van der Waals surface area contributed by atoms with Crippen LogP contribution in [0.15, 0.2) is 48.7 Å². The van der Waals surface area contributed by atoms with E-state index in [0.29, 0.717) is 10.3 Å². The minimum Gasteiger partial charge on any atom is -0.618 e. The van der Waals surface area contributed by atoms with Crippen molar-refractivity contribution >= 4 is 5.91 Å². The van der Waals surface area contributed by atoms with Crippen LogP contribution in [-0.2, 0) is 0 Å². The molecule has 0 aliphatic carbocycles. The third kappa shape index (κ3) is 3.91. The van der Waals surface area contributed by atoms with Crippen LogP contribution in [0.1, 0.15) is 29.0 Å². The van der Waals surface area contributed by atoms with Crippen molar-refractivity contribution in [3.05, 3.63) is 65.1 Å². The smallest absolute Gasteiger partial charge is 0.387 e. The summed E-state index contributed by atoms with van der Waals surface area (Å²) >= 11 is 0. The number of amides is 1. The molecule has 0 bridgehead atoms. The molecule has 2 aromatic rings. The number of benzene rings is 1. The van der Waals surface area contributed by atoms with Gasteiger partial charge in [-0.25, -0.2) is 0 Å². The molecule has 0 fully saturated rings. The highest BCUT2D eigenvalue weighted by Gasteiger charge is 2.18. The molecule has 0 radical (unpaired) electrons. The summed E-state index contributed by atoms with van der Waals surface area (Å²) in [5.41, 5.74) is 0.536. The topological polar surface area (TPSA) is 65.3 Å². The number of alkyl halides is 2. The number of pyridine rings is 1. The van der Waals surface area contributed by atoms with Crippen molar-refractivity contribution in [3.63, 3.8) is 0 Å². The first kappa shape index (κ1) is 15.7. The number of carbonyl (C=O) groups excluding carboxylic acids is 1. The molecule has 2 rings (SSSR count). The number of halogens is 2. The minimum absolute atomic E-state index is 0.00667. The van der Waals surface area contributed by atoms with Crippen molar-refractivity contribution in [2.75, 3.05) is 0 Å². The van der Waals surface area contributed by atoms with Crippen LogP contribution >= 0.6 is 0 Å². The van der Waals surface area contributed by atoms with Gasteiger partial charge in [0.05, 0.1) is 6.04 Å². The van der Waals surface area contributed by atoms with Gasteiger partial charge in [0.1, 0.15) is 5.75 Å². The van der Waals surface area contributed by atoms with Crippen LogP contribution in [0, 0.1) is 5.21 Å². The van der Waals surface area contributed by atoms with Gasteiger partial charge in [-0.3, -0.25) is 4.79 Å². The number of nitrogens with one attached hydrogen (secondary N) is 1. The molecule has 1 aromatic heterocycles. The van der Waals surface area contributed by atoms with Gasteiger partial charge in [-0.05, 0) is 30.7 Å². The molecule has 1 atom stereocenters. The van der Waals surface area contributed by atoms with E-state index in [2.05, 4.69) is 10.1 Å². The van der Waals surface area contributed by atoms with Gasteiger partial charge >= 0.3 is 12.5 Å². The van der Waals surface area contributed by atoms with Crippen LogP contribution in [0.3, 0.4) is 0 Å². The van der Waals surface area contributed by atoms with Gasteiger partial charge in [0, 0.05) is 12.1 Å². The molecule has 0 spiro atoms. The summed E-state index contributed by atoms with van der Waals surface area (Å²) in [5, 5.41) is 14.1. The van der Waals surface area contributed by atoms with Crippen LogP contribution < -0.4 is 14.8 Å². The lowest BCUT2D eigenvalue weighted by atomic mass is 10.1. The Balaban J connectivity index is 2.10. The highest BCUT2D eigenvalue weighted by Crippen LogP contribution is 2.20. The van der Waals surface area contributed by atoms with Crippen molar-refractivity contribution in [3.8, 4) is 5.75 Å². The minimum atomic E-state index is -2.91. The van der Waals surface area contributed by atoms with Crippen molar-refractivity contribution in [2.45, 2.75) is 19.6 Å². The average Bonchev–Trinajstić information content (AvgIpc) is 2.47. The summed E-state index contributed by atoms with van der Waals surface area (Å²) in [4.78, 5) is 12.0. The number of ether oxygens (including phenoxy) is 1. The number of hydrogen-bond donors (Lipinski definition) is 1. The van der Waals surface area contributed by atoms with E-state index in [1.54, 1.807) is 25.1 Å². The van der Waals surface area contributed by atoms with Crippen LogP contribution in [0.2, 0.25) is 0 Å². The highest BCUT2D eigenvalue weighted by atomic mass is 19.3. The first-order valence-corrected chi connectivity index (χ1v) is 6.51. The number of aromatic nitrogens is 1. The largest absolute Gasteiger partial charge is 0.618 e. The first-order chi connectivity index (χ1) is 10.5. The second-order valence-corrected chi connectivity index (χ2v) is 4.56. The van der Waals surface area contributed by atoms with Crippen LogP contribution in [0.4, 0.5) is 8.78 Å². The van der Waals surface area contributed by atoms with Crippen LogP contribution in [-0.4, -0.2) is 12.5 Å². The predicted molar refractivity (Wildman–Crippen MR) is 74.4 cm³/mol. The van der Waals surface area contributed by atoms with E-state index < -0.39 is 18.6 Å². The first-order valence-electron chi connectivity index (χ1n) is 6.51. The van der Waals surface area contributed by atoms with E-state index in [0.717, 1.165) is 0 Å². The van der Waals surface area contributed by atoms with Gasteiger partial charge in [-0.15, -0.1) is 0 Å². The van der Waals surface area contributed by atoms with E-state index in [9.17, 15) is 18.8 Å². The van der Waals surface area contributed by atoms with E-state index in [4.69, 9.17) is 0 Å². The maximum absolute atomic E-state index is 12.2. The maximum Gasteiger partial charge on any atom is 0.387 e. The summed E-state index contributed by atoms with van der Waals surface area (Å²) in [7, 11) is 0. The molecule has 116 valence electrons. The number of rotatable bonds is 5. The average molecular weight is 308 g/mol. The maximum atomic E-state index is 12.2. The SMILES string of the molecule is CC(NC(=O)c1cccc[n+]1[O-])c1cccc(OC(F)F)c1. The molecule has 0 saturated heterocycles. The highest BCUT2D eigenvalue weighted by molar-refractivity contribution is 5.91. The second kappa shape index (κ2) is 6.84. The molecule has 0 saturated carbocycles. The molecule has 22 heavy (non-hydrogen) atoms. The van der Waals surface area contributed by atoms with Gasteiger partial charge in [-0.2, -0.15) is 13.5 Å². The number of hydrogen-bond acceptors (Lipinski definition) is 3. The van der Waals surface area contributed by atoms with Gasteiger partial charge in [-0.1, -0.05) is 12.1 Å². The Labute approximate surface area is 125 Å². The third-order valence-corrected chi connectivity index (χ3v) is 2.99. The Morgan fingerprint density at radius 2 is 2.05 bits per heavy atom. The van der Waals surface area contributed by atoms with Crippen molar-refractivity contribution in [2.24, 2.45) is 0 Å². The summed E-state index contributed by atoms with van der Waals surface area (Å²) in [6.07, 6.45) is 1.22. The van der Waals surface area contributed by atoms with E-state index in [-0.39, 0.29) is 11.4 Å². The fourth-order valence-electron chi connectivity index (χ4n) is 1.92. The summed E-state index contributed by atoms with van der Waals surface area (Å²) in [6, 6.07) is 10.0. The molecule has 1 heterocycles. The van der Waals surface area contributed by atoms with Crippen molar-refractivity contribution in [1.82, 2.24) is 5.32 Å². The zero-order valence-electron chi connectivity index (χ0n) is 11.7. The quantitative estimate of drug-likeness (QED) is 0.681. The van der Waals surface area contributed by atoms with E-state index >= 15 is 0 Å². The van der Waals surface area contributed by atoms with Gasteiger partial charge < -0.3 is 15.3 Å². The Kier molecular flexibility index (Phi) is 4.88. The molecule has 0 aliphatic rings. The molecule has 1 amide bonds. The van der Waals surface area contributed by atoms with Gasteiger partial charge in [0.2, 0.25) is 0 Å². The molecular weight excluding hydrogens is 294 g/mol. The fourth-order valence-corrected chi connectivity index (χ4v) is 1.92. The number of nitrogens with zero attached hydrogens (tertiary/aromatic N) is 1. The molecule has 1 N–H and O–H groups in total. The predicted octanol–water partition coefficient (Wildman–Crippen LogP) is 2.41. The van der Waals surface area contributed by atoms with Crippen LogP contribution in [0.5, 0.6) is 5.75 Å². The van der Waals surface area contributed by atoms with Crippen molar-refractivity contribution < 1.29 is 23.0 Å². The van der Waals surface area contributed by atoms with E-state index in [1.807, 2.05) is 0 Å². The Bertz CT molecular complexity index is 665. The third-order valence-electron chi connectivity index (χ3n) is 2.99. The lowest BCUT2D eigenvalue weighted by Gasteiger charge is -2.15. The molecular formula is C15H14F2N2O3. The Hall–Kier alpha value is -2.70. The zero-order chi connectivity index (χ0) is 16.1. The second-order valence-electron chi connectivity index (χ2n) is 4.56. The summed E-state index contributed by atoms with van der Waals surface area (Å²) in [5.74, 6) is -0.546. The van der Waals surface area contributed by atoms with Crippen molar-refractivity contribution in [1.29, 1.82) is 0 Å². The standard InChI is InChI=1S/C15H14F2N2O3/c1-10(11-5-4-6-12(9-11)22-15(16)17)18-14(20)13-7-2-3-8-19(13)21/h2-10,15H,1H3,(H,18,20). The summed E-state index contributed by atoms with van der Waals surface area (Å²) in [6.45, 7) is -1.24. The summed E-state index contributed by atoms with van der Waals surface area (Å²) < 4.78 is 29.2. The Morgan fingerprint density at radius 1 is 1.27 bits per heavy atom. The molecule has 1 unspecified atom stereocenters. The van der Waals surface area contributed by atoms with E-state index in [1.165, 1.54) is 30.5 Å². The van der Waals surface area contributed by atoms with Gasteiger partial charge in [0.15, 0.2) is 6.20 Å². The normalized spacial score (nSPS) is 12.0. The zero-order valence-corrected chi connectivity index (χ0v) is 11.7.